The molecule has 1 heterocycles. The van der Waals surface area contributed by atoms with Crippen molar-refractivity contribution in [2.75, 3.05) is 11.6 Å². The van der Waals surface area contributed by atoms with Crippen molar-refractivity contribution in [2.45, 2.75) is 12.3 Å². The van der Waals surface area contributed by atoms with E-state index >= 15 is 0 Å². The number of halogens is 2. The van der Waals surface area contributed by atoms with Gasteiger partial charge in [-0.1, -0.05) is 15.9 Å². The molecule has 1 N–H and O–H groups in total. The van der Waals surface area contributed by atoms with Crippen molar-refractivity contribution in [1.29, 1.82) is 0 Å². The Kier molecular flexibility index (Phi) is 5.21. The maximum Gasteiger partial charge on any atom is 0.123 e. The number of rotatable bonds is 5. The molecule has 0 fully saturated rings. The van der Waals surface area contributed by atoms with Crippen LogP contribution in [0, 0.1) is 0 Å². The molecule has 0 atom stereocenters. The molecule has 0 amide bonds. The third kappa shape index (κ3) is 3.80. The standard InChI is InChI=1S/C13H13Br2NOS/c1-18-8-11-4-3-10(17-11)7-16-13-6-9(14)2-5-12(13)15/h2-6,16H,7-8H2,1H3. The normalized spacial score (nSPS) is 10.6. The maximum atomic E-state index is 5.71. The van der Waals surface area contributed by atoms with Gasteiger partial charge in [-0.25, -0.2) is 0 Å². The molecular weight excluding hydrogens is 378 g/mol. The van der Waals surface area contributed by atoms with Gasteiger partial charge in [0.25, 0.3) is 0 Å². The summed E-state index contributed by atoms with van der Waals surface area (Å²) in [5.41, 5.74) is 1.05. The summed E-state index contributed by atoms with van der Waals surface area (Å²) in [6.07, 6.45) is 2.07. The molecule has 5 heteroatoms. The Bertz CT molecular complexity index is 527. The molecule has 0 radical (unpaired) electrons. The number of furan rings is 1. The minimum Gasteiger partial charge on any atom is -0.463 e. The molecular formula is C13H13Br2NOS. The summed E-state index contributed by atoms with van der Waals surface area (Å²) < 4.78 is 7.80. The van der Waals surface area contributed by atoms with Crippen LogP contribution in [0.5, 0.6) is 0 Å². The maximum absolute atomic E-state index is 5.71. The Balaban J connectivity index is 1.99. The Morgan fingerprint density at radius 2 is 1.94 bits per heavy atom. The lowest BCUT2D eigenvalue weighted by atomic mass is 10.3. The molecule has 0 bridgehead atoms. The molecule has 2 rings (SSSR count). The minimum atomic E-state index is 0.684. The van der Waals surface area contributed by atoms with Crippen molar-refractivity contribution >= 4 is 49.3 Å². The zero-order chi connectivity index (χ0) is 13.0. The van der Waals surface area contributed by atoms with Crippen molar-refractivity contribution in [3.8, 4) is 0 Å². The third-order valence-electron chi connectivity index (χ3n) is 2.39. The quantitative estimate of drug-likeness (QED) is 0.751. The lowest BCUT2D eigenvalue weighted by Crippen LogP contribution is -1.98. The summed E-state index contributed by atoms with van der Waals surface area (Å²) in [6, 6.07) is 10.1. The second-order valence-electron chi connectivity index (χ2n) is 3.78. The largest absolute Gasteiger partial charge is 0.463 e. The molecule has 96 valence electrons. The van der Waals surface area contributed by atoms with Gasteiger partial charge in [-0.3, -0.25) is 0 Å². The molecule has 18 heavy (non-hydrogen) atoms. The fraction of sp³-hybridized carbons (Fsp3) is 0.231. The summed E-state index contributed by atoms with van der Waals surface area (Å²) >= 11 is 8.74. The highest BCUT2D eigenvalue weighted by Gasteiger charge is 2.04. The fourth-order valence-corrected chi connectivity index (χ4v) is 2.74. The first-order valence-corrected chi connectivity index (χ1v) is 8.42. The van der Waals surface area contributed by atoms with Gasteiger partial charge in [0.05, 0.1) is 12.3 Å². The van der Waals surface area contributed by atoms with Gasteiger partial charge < -0.3 is 9.73 Å². The van der Waals surface area contributed by atoms with E-state index in [0.717, 1.165) is 31.9 Å². The van der Waals surface area contributed by atoms with E-state index in [0.29, 0.717) is 6.54 Å². The van der Waals surface area contributed by atoms with Gasteiger partial charge in [-0.2, -0.15) is 11.8 Å². The molecule has 1 aromatic heterocycles. The van der Waals surface area contributed by atoms with Crippen LogP contribution in [0.1, 0.15) is 11.5 Å². The van der Waals surface area contributed by atoms with Crippen molar-refractivity contribution in [3.63, 3.8) is 0 Å². The van der Waals surface area contributed by atoms with E-state index in [1.54, 1.807) is 11.8 Å². The highest BCUT2D eigenvalue weighted by atomic mass is 79.9. The second kappa shape index (κ2) is 6.68. The molecule has 0 aliphatic carbocycles. The topological polar surface area (TPSA) is 25.2 Å². The molecule has 0 aliphatic heterocycles. The van der Waals surface area contributed by atoms with Crippen LogP contribution >= 0.6 is 43.6 Å². The van der Waals surface area contributed by atoms with E-state index in [9.17, 15) is 0 Å². The van der Waals surface area contributed by atoms with Crippen LogP contribution in [0.25, 0.3) is 0 Å². The summed E-state index contributed by atoms with van der Waals surface area (Å²) in [5.74, 6) is 2.89. The number of nitrogens with one attached hydrogen (secondary N) is 1. The smallest absolute Gasteiger partial charge is 0.123 e. The van der Waals surface area contributed by atoms with E-state index in [-0.39, 0.29) is 0 Å². The summed E-state index contributed by atoms with van der Waals surface area (Å²) in [4.78, 5) is 0. The molecule has 2 nitrogen and oxygen atoms in total. The van der Waals surface area contributed by atoms with E-state index in [1.807, 2.05) is 30.3 Å². The van der Waals surface area contributed by atoms with E-state index in [1.165, 1.54) is 0 Å². The first kappa shape index (κ1) is 14.0. The van der Waals surface area contributed by atoms with Crippen LogP contribution in [0.4, 0.5) is 5.69 Å². The van der Waals surface area contributed by atoms with Gasteiger partial charge in [-0.15, -0.1) is 0 Å². The first-order valence-electron chi connectivity index (χ1n) is 5.44. The van der Waals surface area contributed by atoms with Gasteiger partial charge in [0, 0.05) is 14.6 Å². The SMILES string of the molecule is CSCc1ccc(CNc2cc(Br)ccc2Br)o1. The Labute approximate surface area is 128 Å². The van der Waals surface area contributed by atoms with E-state index < -0.39 is 0 Å². The Morgan fingerprint density at radius 1 is 1.17 bits per heavy atom. The predicted octanol–water partition coefficient (Wildman–Crippen LogP) is 5.28. The zero-order valence-corrected chi connectivity index (χ0v) is 13.9. The summed E-state index contributed by atoms with van der Waals surface area (Å²) in [5, 5.41) is 3.35. The number of hydrogen-bond acceptors (Lipinski definition) is 3. The van der Waals surface area contributed by atoms with Crippen molar-refractivity contribution < 1.29 is 4.42 Å². The Morgan fingerprint density at radius 3 is 2.72 bits per heavy atom. The lowest BCUT2D eigenvalue weighted by Gasteiger charge is -2.07. The van der Waals surface area contributed by atoms with Crippen LogP contribution in [0.3, 0.4) is 0 Å². The monoisotopic (exact) mass is 389 g/mol. The molecule has 0 unspecified atom stereocenters. The highest BCUT2D eigenvalue weighted by Crippen LogP contribution is 2.26. The van der Waals surface area contributed by atoms with Crippen LogP contribution in [-0.4, -0.2) is 6.26 Å². The minimum absolute atomic E-state index is 0.684. The van der Waals surface area contributed by atoms with Crippen LogP contribution in [0.2, 0.25) is 0 Å². The van der Waals surface area contributed by atoms with Gasteiger partial charge in [0.2, 0.25) is 0 Å². The van der Waals surface area contributed by atoms with Gasteiger partial charge in [-0.05, 0) is 52.5 Å². The first-order chi connectivity index (χ1) is 8.69. The van der Waals surface area contributed by atoms with E-state index in [2.05, 4.69) is 43.4 Å². The number of benzene rings is 1. The third-order valence-corrected chi connectivity index (χ3v) is 4.14. The van der Waals surface area contributed by atoms with Gasteiger partial charge >= 0.3 is 0 Å². The van der Waals surface area contributed by atoms with Crippen LogP contribution in [-0.2, 0) is 12.3 Å². The van der Waals surface area contributed by atoms with Crippen molar-refractivity contribution in [3.05, 3.63) is 50.8 Å². The molecule has 0 saturated carbocycles. The fourth-order valence-electron chi connectivity index (χ4n) is 1.55. The zero-order valence-electron chi connectivity index (χ0n) is 9.87. The molecule has 0 spiro atoms. The number of anilines is 1. The van der Waals surface area contributed by atoms with E-state index in [4.69, 9.17) is 4.42 Å². The van der Waals surface area contributed by atoms with Gasteiger partial charge in [0.15, 0.2) is 0 Å². The number of hydrogen-bond donors (Lipinski definition) is 1. The van der Waals surface area contributed by atoms with Gasteiger partial charge in [0.1, 0.15) is 11.5 Å². The van der Waals surface area contributed by atoms with Crippen molar-refractivity contribution in [1.82, 2.24) is 0 Å². The van der Waals surface area contributed by atoms with Crippen molar-refractivity contribution in [2.24, 2.45) is 0 Å². The number of thioether (sulfide) groups is 1. The van der Waals surface area contributed by atoms with Crippen LogP contribution < -0.4 is 5.32 Å². The lowest BCUT2D eigenvalue weighted by molar-refractivity contribution is 0.487. The molecule has 0 aliphatic rings. The highest BCUT2D eigenvalue weighted by molar-refractivity contribution is 9.11. The summed E-state index contributed by atoms with van der Waals surface area (Å²) in [7, 11) is 0. The molecule has 1 aromatic carbocycles. The molecule has 2 aromatic rings. The average molecular weight is 391 g/mol. The second-order valence-corrected chi connectivity index (χ2v) is 6.41. The van der Waals surface area contributed by atoms with Crippen LogP contribution in [0.15, 0.2) is 43.7 Å². The average Bonchev–Trinajstić information content (AvgIpc) is 2.79. The predicted molar refractivity (Wildman–Crippen MR) is 85.1 cm³/mol. The Hall–Kier alpha value is -0.390. The summed E-state index contributed by atoms with van der Waals surface area (Å²) in [6.45, 7) is 0.684. The molecule has 0 saturated heterocycles.